The van der Waals surface area contributed by atoms with Crippen LogP contribution in [-0.2, 0) is 32.3 Å². The number of non-ortho nitro benzene ring substituents is 1. The Morgan fingerprint density at radius 1 is 0.814 bits per heavy atom. The Morgan fingerprint density at radius 2 is 1.34 bits per heavy atom. The monoisotopic (exact) mass is 880 g/mol. The summed E-state index contributed by atoms with van der Waals surface area (Å²) in [5.74, 6) is -1.14. The number of rotatable bonds is 10. The standard InChI is InChI=1S/C19H16N6O5.C16H14N4O5S.Cr.2Na/c1-3-17(27)20-12-4-6-13(7-5-12)24-19(28)18(11(2)23-24)22-21-15-10-14(25(29)30)8-9-16(15)26;1-10-15(16(22)20(19-10)11-5-3-2-4-6-11)18-17-13-9-12(26(23,24)25)7-8-14(13)21;;;/h3-10,23,26H,1H2,2H3,(H,20,27);2-9,19,21H,1H3,(H,23,24,25);;;/q;;;2*+1. The number of hydrogen-bond acceptors (Lipinski definition) is 13. The fourth-order valence-corrected chi connectivity index (χ4v) is 5.34. The fourth-order valence-electron chi connectivity index (χ4n) is 4.84. The normalized spacial score (nSPS) is 10.8. The van der Waals surface area contributed by atoms with Gasteiger partial charge in [0.05, 0.1) is 38.3 Å². The van der Waals surface area contributed by atoms with Crippen LogP contribution in [0.5, 0.6) is 11.5 Å². The number of carbonyl (C=O) groups excluding carboxylic acids is 1. The van der Waals surface area contributed by atoms with Crippen molar-refractivity contribution >= 4 is 50.1 Å². The van der Waals surface area contributed by atoms with Gasteiger partial charge in [0, 0.05) is 47.7 Å². The number of benzene rings is 4. The number of hydrogen-bond donors (Lipinski definition) is 5. The van der Waals surface area contributed by atoms with Gasteiger partial charge in [0.25, 0.3) is 26.9 Å². The van der Waals surface area contributed by atoms with Crippen LogP contribution >= 0.6 is 0 Å². The van der Waals surface area contributed by atoms with Gasteiger partial charge in [-0.25, -0.2) is 19.5 Å². The molecule has 0 spiro atoms. The van der Waals surface area contributed by atoms with E-state index in [2.05, 4.69) is 37.2 Å². The SMILES string of the molecule is C=CC(=O)[NH2+]c1ccc(-n2[nH]c(C)c(N=Nc3cc([N+](=O)[O-])ccc3O)c2=O)cc1.Cc1[nH]n(-c2ccccc2)c(=O)c1N=Nc1cc(S(=O)(=O)O)ccc1[O-].[Cr].[Na+].[Na+]. The number of para-hydroxylation sites is 1. The molecular formula is C35H30CrN10Na2O10S+2. The molecular weight excluding hydrogens is 850 g/mol. The number of aryl methyl sites for hydroxylation is 2. The maximum atomic E-state index is 12.7. The summed E-state index contributed by atoms with van der Waals surface area (Å²) in [4.78, 5) is 46.4. The Kier molecular flexibility index (Phi) is 18.5. The Bertz CT molecular complexity index is 2770. The van der Waals surface area contributed by atoms with Crippen LogP contribution < -0.4 is 80.7 Å². The van der Waals surface area contributed by atoms with Gasteiger partial charge < -0.3 is 10.2 Å². The molecule has 0 fully saturated rings. The largest absolute Gasteiger partial charge is 1.00 e. The zero-order chi connectivity index (χ0) is 40.7. The number of aromatic amines is 2. The molecule has 0 saturated carbocycles. The molecule has 0 atom stereocenters. The number of nitrogens with two attached hydrogens (primary N) is 1. The molecule has 6 rings (SSSR count). The van der Waals surface area contributed by atoms with E-state index >= 15 is 0 Å². The number of nitrogens with one attached hydrogen (secondary N) is 2. The molecule has 1 amide bonds. The van der Waals surface area contributed by atoms with E-state index in [4.69, 9.17) is 4.55 Å². The molecule has 0 aliphatic rings. The molecule has 0 unspecified atom stereocenters. The summed E-state index contributed by atoms with van der Waals surface area (Å²) in [7, 11) is -4.49. The average molecular weight is 881 g/mol. The van der Waals surface area contributed by atoms with Gasteiger partial charge in [-0.1, -0.05) is 36.6 Å². The third-order valence-corrected chi connectivity index (χ3v) is 8.52. The van der Waals surface area contributed by atoms with Crippen LogP contribution in [0.4, 0.5) is 34.1 Å². The van der Waals surface area contributed by atoms with E-state index in [1.165, 1.54) is 20.8 Å². The van der Waals surface area contributed by atoms with E-state index in [-0.39, 0.29) is 117 Å². The van der Waals surface area contributed by atoms with Gasteiger partial charge in [0.15, 0.2) is 11.4 Å². The smallest absolute Gasteiger partial charge is 0.871 e. The minimum Gasteiger partial charge on any atom is -0.871 e. The quantitative estimate of drug-likeness (QED) is 0.0205. The van der Waals surface area contributed by atoms with E-state index in [0.717, 1.165) is 36.4 Å². The van der Waals surface area contributed by atoms with Crippen molar-refractivity contribution in [1.82, 2.24) is 19.6 Å². The van der Waals surface area contributed by atoms with E-state index in [0.29, 0.717) is 28.5 Å². The number of aromatic nitrogens is 4. The van der Waals surface area contributed by atoms with Gasteiger partial charge in [-0.05, 0) is 56.3 Å². The summed E-state index contributed by atoms with van der Waals surface area (Å²) < 4.78 is 33.9. The van der Waals surface area contributed by atoms with E-state index < -0.39 is 36.8 Å². The first-order valence-electron chi connectivity index (χ1n) is 16.0. The van der Waals surface area contributed by atoms with E-state index in [1.54, 1.807) is 62.4 Å². The van der Waals surface area contributed by atoms with Crippen LogP contribution in [0.1, 0.15) is 11.4 Å². The molecule has 6 aromatic rings. The van der Waals surface area contributed by atoms with Crippen molar-refractivity contribution < 1.29 is 115 Å². The number of nitro groups is 1. The molecule has 0 aliphatic heterocycles. The number of aromatic hydroxyl groups is 1. The summed E-state index contributed by atoms with van der Waals surface area (Å²) in [6.45, 7) is 6.63. The van der Waals surface area contributed by atoms with Crippen LogP contribution in [0.3, 0.4) is 0 Å². The van der Waals surface area contributed by atoms with Crippen LogP contribution in [0, 0.1) is 24.0 Å². The Morgan fingerprint density at radius 3 is 1.85 bits per heavy atom. The van der Waals surface area contributed by atoms with Crippen molar-refractivity contribution in [3.05, 3.63) is 146 Å². The predicted octanol–water partition coefficient (Wildman–Crippen LogP) is -1.37. The Labute approximate surface area is 389 Å². The van der Waals surface area contributed by atoms with Gasteiger partial charge in [0.1, 0.15) is 17.1 Å². The van der Waals surface area contributed by atoms with Crippen molar-refractivity contribution in [2.24, 2.45) is 20.5 Å². The second-order valence-corrected chi connectivity index (χ2v) is 13.0. The summed E-state index contributed by atoms with van der Waals surface area (Å²) in [5.41, 5.74) is 0.851. The minimum atomic E-state index is -4.49. The van der Waals surface area contributed by atoms with Gasteiger partial charge in [-0.15, -0.1) is 15.3 Å². The van der Waals surface area contributed by atoms with Crippen LogP contribution in [0.15, 0.2) is 139 Å². The van der Waals surface area contributed by atoms with Crippen molar-refractivity contribution in [2.75, 3.05) is 0 Å². The molecule has 2 heterocycles. The topological polar surface area (TPSA) is 300 Å². The molecule has 20 nitrogen and oxygen atoms in total. The van der Waals surface area contributed by atoms with E-state index in [9.17, 15) is 43.1 Å². The zero-order valence-electron chi connectivity index (χ0n) is 31.6. The number of phenols is 1. The van der Waals surface area contributed by atoms with Crippen LogP contribution in [0.25, 0.3) is 11.4 Å². The summed E-state index contributed by atoms with van der Waals surface area (Å²) in [6, 6.07) is 21.5. The number of nitro benzene ring substituents is 1. The first-order chi connectivity index (χ1) is 26.6. The van der Waals surface area contributed by atoms with Crippen molar-refractivity contribution in [3.8, 4) is 22.9 Å². The van der Waals surface area contributed by atoms with Gasteiger partial charge in [-0.2, -0.15) is 13.5 Å². The number of phenolic OH excluding ortho intramolecular Hbond substituents is 1. The zero-order valence-corrected chi connectivity index (χ0v) is 37.7. The minimum absolute atomic E-state index is 0. The molecule has 59 heavy (non-hydrogen) atoms. The van der Waals surface area contributed by atoms with Crippen LogP contribution in [-0.4, -0.2) is 48.5 Å². The summed E-state index contributed by atoms with van der Waals surface area (Å²) >= 11 is 0. The molecule has 0 aliphatic carbocycles. The number of primary amides is 1. The predicted molar refractivity (Wildman–Crippen MR) is 198 cm³/mol. The van der Waals surface area contributed by atoms with Crippen molar-refractivity contribution in [1.29, 1.82) is 0 Å². The van der Waals surface area contributed by atoms with Crippen molar-refractivity contribution in [2.45, 2.75) is 18.7 Å². The maximum absolute atomic E-state index is 12.7. The number of nitrogens with zero attached hydrogens (tertiary/aromatic N) is 7. The molecule has 0 radical (unpaired) electrons. The third kappa shape index (κ3) is 12.5. The summed E-state index contributed by atoms with van der Waals surface area (Å²) in [5, 5.41) is 54.7. The van der Waals surface area contributed by atoms with Gasteiger partial charge in [-0.3, -0.25) is 34.5 Å². The molecule has 24 heteroatoms. The summed E-state index contributed by atoms with van der Waals surface area (Å²) in [6.07, 6.45) is 1.20. The molecule has 0 bridgehead atoms. The van der Waals surface area contributed by atoms with Gasteiger partial charge >= 0.3 is 65.0 Å². The number of azo groups is 2. The Hall–Kier alpha value is -5.09. The number of carbonyl (C=O) groups is 1. The maximum Gasteiger partial charge on any atom is 1.00 e. The first kappa shape index (κ1) is 50.1. The van der Waals surface area contributed by atoms with Crippen LogP contribution in [0.2, 0.25) is 0 Å². The van der Waals surface area contributed by atoms with E-state index in [1.807, 2.05) is 6.07 Å². The number of amides is 1. The Balaban J connectivity index is 0.000000390. The second kappa shape index (κ2) is 21.8. The van der Waals surface area contributed by atoms with Crippen molar-refractivity contribution in [3.63, 3.8) is 0 Å². The molecule has 292 valence electrons. The number of H-pyrrole nitrogens is 2. The number of quaternary nitrogens is 1. The molecule has 6 N–H and O–H groups in total. The average Bonchev–Trinajstić information content (AvgIpc) is 3.62. The third-order valence-electron chi connectivity index (χ3n) is 7.67. The molecule has 4 aromatic carbocycles. The molecule has 2 aromatic heterocycles. The fraction of sp³-hybridized carbons (Fsp3) is 0.0571. The van der Waals surface area contributed by atoms with Gasteiger partial charge in [0.2, 0.25) is 0 Å². The molecule has 0 saturated heterocycles. The second-order valence-electron chi connectivity index (χ2n) is 11.6. The first-order valence-corrected chi connectivity index (χ1v) is 17.4.